The highest BCUT2D eigenvalue weighted by Gasteiger charge is 2.61. The molecule has 1 aliphatic heterocycles. The molecule has 1 atom stereocenters. The molecule has 0 radical (unpaired) electrons. The molecular weight excluding hydrogens is 325 g/mol. The van der Waals surface area contributed by atoms with Crippen molar-refractivity contribution < 1.29 is 27.8 Å². The highest BCUT2D eigenvalue weighted by molar-refractivity contribution is 5.79. The van der Waals surface area contributed by atoms with Crippen LogP contribution in [0.25, 0.3) is 0 Å². The number of carbonyl (C=O) groups is 1. The molecule has 0 saturated heterocycles. The largest absolute Gasteiger partial charge is 0.484 e. The van der Waals surface area contributed by atoms with Crippen LogP contribution in [0, 0.1) is 0 Å². The first kappa shape index (κ1) is 18.1. The van der Waals surface area contributed by atoms with E-state index < -0.39 is 24.4 Å². The summed E-state index contributed by atoms with van der Waals surface area (Å²) in [5.74, 6) is -0.679. The van der Waals surface area contributed by atoms with E-state index in [1.807, 2.05) is 6.92 Å². The number of halogens is 3. The van der Waals surface area contributed by atoms with Crippen LogP contribution in [0.5, 0.6) is 5.75 Å². The number of amides is 1. The van der Waals surface area contributed by atoms with Crippen molar-refractivity contribution in [3.05, 3.63) is 42.1 Å². The van der Waals surface area contributed by atoms with Gasteiger partial charge in [0.1, 0.15) is 5.75 Å². The number of carbonyl (C=O) groups excluding carboxylic acids is 1. The van der Waals surface area contributed by atoms with E-state index in [0.717, 1.165) is 6.42 Å². The van der Waals surface area contributed by atoms with Crippen LogP contribution in [-0.4, -0.2) is 34.5 Å². The zero-order valence-electron chi connectivity index (χ0n) is 13.1. The van der Waals surface area contributed by atoms with E-state index in [4.69, 9.17) is 4.74 Å². The van der Waals surface area contributed by atoms with Crippen LogP contribution in [-0.2, 0) is 4.79 Å². The van der Waals surface area contributed by atoms with Crippen LogP contribution in [0.15, 0.2) is 42.1 Å². The molecule has 1 heterocycles. The van der Waals surface area contributed by atoms with Crippen LogP contribution in [0.1, 0.15) is 26.2 Å². The van der Waals surface area contributed by atoms with Crippen molar-refractivity contribution in [1.29, 1.82) is 0 Å². The lowest BCUT2D eigenvalue weighted by Gasteiger charge is -2.33. The van der Waals surface area contributed by atoms with Crippen molar-refractivity contribution in [2.24, 2.45) is 0 Å². The number of hydrogen-bond donors (Lipinski definition) is 2. The third-order valence-corrected chi connectivity index (χ3v) is 3.54. The molecule has 0 aromatic heterocycles. The van der Waals surface area contributed by atoms with Crippen molar-refractivity contribution in [2.45, 2.75) is 38.1 Å². The number of unbranched alkanes of at least 4 members (excludes halogenated alkanes) is 1. The third-order valence-electron chi connectivity index (χ3n) is 3.54. The summed E-state index contributed by atoms with van der Waals surface area (Å²) in [4.78, 5) is 12.1. The van der Waals surface area contributed by atoms with Crippen LogP contribution in [0.3, 0.4) is 0 Å². The molecule has 0 fully saturated rings. The predicted molar refractivity (Wildman–Crippen MR) is 80.5 cm³/mol. The summed E-state index contributed by atoms with van der Waals surface area (Å²) < 4.78 is 44.9. The predicted octanol–water partition coefficient (Wildman–Crippen LogP) is 2.74. The molecule has 1 aromatic carbocycles. The number of rotatable bonds is 6. The van der Waals surface area contributed by atoms with Gasteiger partial charge in [-0.1, -0.05) is 31.5 Å². The Labute approximate surface area is 137 Å². The fourth-order valence-corrected chi connectivity index (χ4v) is 2.25. The Kier molecular flexibility index (Phi) is 5.38. The van der Waals surface area contributed by atoms with Gasteiger partial charge in [-0.25, -0.2) is 5.01 Å². The molecule has 24 heavy (non-hydrogen) atoms. The van der Waals surface area contributed by atoms with Crippen LogP contribution >= 0.6 is 0 Å². The summed E-state index contributed by atoms with van der Waals surface area (Å²) >= 11 is 0. The summed E-state index contributed by atoms with van der Waals surface area (Å²) in [5, 5.41) is 10.2. The first-order valence-corrected chi connectivity index (χ1v) is 7.56. The molecule has 0 spiro atoms. The third kappa shape index (κ3) is 3.81. The number of aliphatic hydroxyl groups is 1. The van der Waals surface area contributed by atoms with E-state index in [1.54, 1.807) is 30.3 Å². The van der Waals surface area contributed by atoms with Gasteiger partial charge in [0.25, 0.3) is 11.6 Å². The van der Waals surface area contributed by atoms with Gasteiger partial charge in [-0.2, -0.15) is 13.2 Å². The minimum Gasteiger partial charge on any atom is -0.484 e. The zero-order valence-corrected chi connectivity index (χ0v) is 13.1. The fraction of sp³-hybridized carbons (Fsp3) is 0.438. The molecule has 8 heteroatoms. The van der Waals surface area contributed by atoms with Crippen LogP contribution in [0.4, 0.5) is 13.2 Å². The number of ether oxygens (including phenoxy) is 1. The topological polar surface area (TPSA) is 61.8 Å². The number of alkyl halides is 3. The van der Waals surface area contributed by atoms with Crippen molar-refractivity contribution in [1.82, 2.24) is 10.4 Å². The van der Waals surface area contributed by atoms with Crippen molar-refractivity contribution in [2.75, 3.05) is 6.61 Å². The number of para-hydroxylation sites is 1. The van der Waals surface area contributed by atoms with E-state index in [2.05, 4.69) is 5.43 Å². The lowest BCUT2D eigenvalue weighted by atomic mass is 10.1. The molecule has 0 bridgehead atoms. The Morgan fingerprint density at radius 2 is 2.00 bits per heavy atom. The van der Waals surface area contributed by atoms with Crippen molar-refractivity contribution >= 4 is 5.91 Å². The van der Waals surface area contributed by atoms with Gasteiger partial charge < -0.3 is 9.84 Å². The number of nitrogens with zero attached hydrogens (tertiary/aromatic N) is 1. The lowest BCUT2D eigenvalue weighted by Crippen LogP contribution is -2.61. The molecule has 1 aliphatic rings. The second-order valence-electron chi connectivity index (χ2n) is 5.44. The maximum absolute atomic E-state index is 13.2. The van der Waals surface area contributed by atoms with E-state index in [0.29, 0.717) is 24.7 Å². The number of hydrogen-bond acceptors (Lipinski definition) is 4. The molecule has 2 N–H and O–H groups in total. The minimum absolute atomic E-state index is 0.157. The van der Waals surface area contributed by atoms with Gasteiger partial charge >= 0.3 is 6.18 Å². The van der Waals surface area contributed by atoms with Crippen LogP contribution in [0.2, 0.25) is 0 Å². The first-order chi connectivity index (χ1) is 11.3. The Morgan fingerprint density at radius 1 is 1.33 bits per heavy atom. The average molecular weight is 344 g/mol. The molecule has 1 aromatic rings. The maximum atomic E-state index is 13.2. The van der Waals surface area contributed by atoms with Crippen LogP contribution < -0.4 is 10.2 Å². The van der Waals surface area contributed by atoms with E-state index in [-0.39, 0.29) is 10.7 Å². The van der Waals surface area contributed by atoms with Gasteiger partial charge in [0.2, 0.25) is 0 Å². The second kappa shape index (κ2) is 7.12. The molecule has 0 aliphatic carbocycles. The monoisotopic (exact) mass is 344 g/mol. The normalized spacial score (nSPS) is 20.5. The molecule has 1 amide bonds. The van der Waals surface area contributed by atoms with Gasteiger partial charge in [-0.05, 0) is 31.1 Å². The number of benzene rings is 1. The Morgan fingerprint density at radius 3 is 2.58 bits per heavy atom. The average Bonchev–Trinajstić information content (AvgIpc) is 2.90. The number of allylic oxidation sites excluding steroid dienone is 1. The van der Waals surface area contributed by atoms with Gasteiger partial charge in [-0.3, -0.25) is 10.2 Å². The molecule has 5 nitrogen and oxygen atoms in total. The lowest BCUT2D eigenvalue weighted by molar-refractivity contribution is -0.289. The van der Waals surface area contributed by atoms with E-state index in [1.165, 1.54) is 0 Å². The van der Waals surface area contributed by atoms with Gasteiger partial charge in [0.15, 0.2) is 6.61 Å². The summed E-state index contributed by atoms with van der Waals surface area (Å²) in [6, 6.07) is 8.23. The Bertz CT molecular complexity index is 604. The highest BCUT2D eigenvalue weighted by atomic mass is 19.4. The molecular formula is C16H19F3N2O3. The van der Waals surface area contributed by atoms with Gasteiger partial charge in [-0.15, -0.1) is 0 Å². The SMILES string of the molecule is CCCCC1=C[C@](O)(C(F)(F)F)N(C(=O)COc2ccccc2)N1. The minimum atomic E-state index is -5.03. The van der Waals surface area contributed by atoms with Gasteiger partial charge in [0.05, 0.1) is 0 Å². The smallest absolute Gasteiger partial charge is 0.442 e. The van der Waals surface area contributed by atoms with E-state index >= 15 is 0 Å². The Balaban J connectivity index is 2.10. The standard InChI is InChI=1S/C16H19F3N2O3/c1-2-3-7-12-10-15(23,16(17,18)19)21(20-12)14(22)11-24-13-8-5-4-6-9-13/h4-6,8-10,20,23H,2-3,7,11H2,1H3/t15-/m0/s1. The first-order valence-electron chi connectivity index (χ1n) is 7.56. The summed E-state index contributed by atoms with van der Waals surface area (Å²) in [6.07, 6.45) is -2.68. The van der Waals surface area contributed by atoms with Crippen molar-refractivity contribution in [3.8, 4) is 5.75 Å². The molecule has 2 rings (SSSR count). The highest BCUT2D eigenvalue weighted by Crippen LogP contribution is 2.38. The quantitative estimate of drug-likeness (QED) is 0.833. The summed E-state index contributed by atoms with van der Waals surface area (Å²) in [6.45, 7) is 1.26. The summed E-state index contributed by atoms with van der Waals surface area (Å²) in [7, 11) is 0. The molecule has 0 saturated carbocycles. The maximum Gasteiger partial charge on any atom is 0.442 e. The van der Waals surface area contributed by atoms with Gasteiger partial charge in [0, 0.05) is 5.70 Å². The number of nitrogens with one attached hydrogen (secondary N) is 1. The molecule has 132 valence electrons. The zero-order chi connectivity index (χ0) is 17.8. The van der Waals surface area contributed by atoms with E-state index in [9.17, 15) is 23.1 Å². The second-order valence-corrected chi connectivity index (χ2v) is 5.44. The Hall–Kier alpha value is -2.22. The van der Waals surface area contributed by atoms with Crippen molar-refractivity contribution in [3.63, 3.8) is 0 Å². The fourth-order valence-electron chi connectivity index (χ4n) is 2.25. The summed E-state index contributed by atoms with van der Waals surface area (Å²) in [5.41, 5.74) is -0.871. The number of hydrazine groups is 1. The molecule has 0 unspecified atom stereocenters.